The average molecular weight is 309 g/mol. The predicted molar refractivity (Wildman–Crippen MR) is 83.2 cm³/mol. The molecule has 3 nitrogen and oxygen atoms in total. The molecule has 1 aliphatic heterocycles. The van der Waals surface area contributed by atoms with Gasteiger partial charge in [0.2, 0.25) is 0 Å². The van der Waals surface area contributed by atoms with E-state index in [1.807, 2.05) is 30.0 Å². The third kappa shape index (κ3) is 2.69. The molecule has 1 fully saturated rings. The molecule has 0 aliphatic carbocycles. The van der Waals surface area contributed by atoms with Crippen molar-refractivity contribution in [3.05, 3.63) is 30.1 Å². The molecule has 0 saturated carbocycles. The molecule has 2 unspecified atom stereocenters. The number of halogens is 2. The highest BCUT2D eigenvalue weighted by molar-refractivity contribution is 8.00. The molecular weight excluding hydrogens is 292 g/mol. The van der Waals surface area contributed by atoms with Crippen molar-refractivity contribution in [2.24, 2.45) is 0 Å². The minimum absolute atomic E-state index is 0.257. The smallest absolute Gasteiger partial charge is 0.297 e. The van der Waals surface area contributed by atoms with Crippen LogP contribution in [0.2, 0.25) is 0 Å². The van der Waals surface area contributed by atoms with E-state index in [0.29, 0.717) is 16.6 Å². The number of aromatic nitrogens is 2. The van der Waals surface area contributed by atoms with E-state index in [9.17, 15) is 8.78 Å². The van der Waals surface area contributed by atoms with Gasteiger partial charge in [-0.3, -0.25) is 0 Å². The number of hydrogen-bond donors (Lipinski definition) is 0. The molecule has 0 spiro atoms. The molecule has 21 heavy (non-hydrogen) atoms. The fourth-order valence-electron chi connectivity index (χ4n) is 2.63. The summed E-state index contributed by atoms with van der Waals surface area (Å²) in [6.45, 7) is 5.11. The molecular formula is C15H17F2N3S. The van der Waals surface area contributed by atoms with E-state index in [1.165, 1.54) is 0 Å². The summed E-state index contributed by atoms with van der Waals surface area (Å²) >= 11 is 1.91. The predicted octanol–water partition coefficient (Wildman–Crippen LogP) is 3.90. The van der Waals surface area contributed by atoms with Crippen molar-refractivity contribution < 1.29 is 8.78 Å². The number of nitrogens with zero attached hydrogens (tertiary/aromatic N) is 3. The first-order valence-corrected chi connectivity index (χ1v) is 8.06. The van der Waals surface area contributed by atoms with Crippen LogP contribution in [0.3, 0.4) is 0 Å². The number of para-hydroxylation sites is 1. The van der Waals surface area contributed by atoms with E-state index in [4.69, 9.17) is 0 Å². The van der Waals surface area contributed by atoms with Crippen LogP contribution in [0.4, 0.5) is 14.6 Å². The summed E-state index contributed by atoms with van der Waals surface area (Å²) in [6, 6.07) is 7.63. The number of thioether (sulfide) groups is 1. The molecule has 6 heteroatoms. The lowest BCUT2D eigenvalue weighted by Gasteiger charge is -2.38. The Hall–Kier alpha value is -1.43. The third-order valence-electron chi connectivity index (χ3n) is 3.95. The fraction of sp³-hybridized carbons (Fsp3) is 0.467. The summed E-state index contributed by atoms with van der Waals surface area (Å²) in [5.41, 5.74) is 0.580. The highest BCUT2D eigenvalue weighted by atomic mass is 32.2. The van der Waals surface area contributed by atoms with Crippen molar-refractivity contribution in [2.45, 2.75) is 31.6 Å². The Bertz CT molecular complexity index is 650. The molecule has 1 saturated heterocycles. The third-order valence-corrected chi connectivity index (χ3v) is 5.29. The molecule has 2 aromatic rings. The normalized spacial score (nSPS) is 23.0. The van der Waals surface area contributed by atoms with Gasteiger partial charge in [-0.2, -0.15) is 11.8 Å². The second-order valence-electron chi connectivity index (χ2n) is 5.23. The first-order valence-electron chi connectivity index (χ1n) is 7.01. The molecule has 2 heterocycles. The lowest BCUT2D eigenvalue weighted by Crippen LogP contribution is -2.45. The van der Waals surface area contributed by atoms with Gasteiger partial charge in [-0.25, -0.2) is 18.7 Å². The molecule has 1 aromatic heterocycles. The van der Waals surface area contributed by atoms with Crippen LogP contribution in [-0.4, -0.2) is 33.6 Å². The maximum Gasteiger partial charge on any atom is 0.297 e. The minimum Gasteiger partial charge on any atom is -0.351 e. The first kappa shape index (κ1) is 14.5. The van der Waals surface area contributed by atoms with Crippen LogP contribution in [0.1, 0.15) is 26.1 Å². The van der Waals surface area contributed by atoms with Gasteiger partial charge in [0, 0.05) is 29.0 Å². The number of rotatable bonds is 2. The Morgan fingerprint density at radius 1 is 1.24 bits per heavy atom. The molecule has 0 radical (unpaired) electrons. The van der Waals surface area contributed by atoms with Crippen molar-refractivity contribution in [3.8, 4) is 0 Å². The highest BCUT2D eigenvalue weighted by Gasteiger charge is 2.28. The molecule has 0 amide bonds. The van der Waals surface area contributed by atoms with Gasteiger partial charge < -0.3 is 4.90 Å². The Kier molecular flexibility index (Phi) is 3.97. The van der Waals surface area contributed by atoms with E-state index in [-0.39, 0.29) is 11.9 Å². The Balaban J connectivity index is 2.15. The van der Waals surface area contributed by atoms with Crippen LogP contribution in [0.5, 0.6) is 0 Å². The standard InChI is InChI=1S/C15H17F2N3S/c1-9-10(2)21-8-7-20(9)15-11-5-3-4-6-12(11)18-14(19-15)13(16)17/h3-6,9-10,13H,7-8H2,1-2H3. The maximum atomic E-state index is 13.1. The summed E-state index contributed by atoms with van der Waals surface area (Å²) in [5, 5.41) is 1.29. The van der Waals surface area contributed by atoms with Crippen molar-refractivity contribution in [1.82, 2.24) is 9.97 Å². The van der Waals surface area contributed by atoms with Gasteiger partial charge >= 0.3 is 0 Å². The SMILES string of the molecule is CC1SCCN(c2nc(C(F)F)nc3ccccc23)C1C. The van der Waals surface area contributed by atoms with E-state index < -0.39 is 6.43 Å². The van der Waals surface area contributed by atoms with Crippen LogP contribution in [0.15, 0.2) is 24.3 Å². The largest absolute Gasteiger partial charge is 0.351 e. The van der Waals surface area contributed by atoms with Crippen LogP contribution in [0, 0.1) is 0 Å². The minimum atomic E-state index is -2.65. The van der Waals surface area contributed by atoms with Gasteiger partial charge in [-0.1, -0.05) is 19.1 Å². The van der Waals surface area contributed by atoms with E-state index in [0.717, 1.165) is 17.7 Å². The van der Waals surface area contributed by atoms with Gasteiger partial charge in [0.25, 0.3) is 6.43 Å². The molecule has 0 N–H and O–H groups in total. The molecule has 1 aliphatic rings. The number of alkyl halides is 2. The second kappa shape index (κ2) is 5.75. The summed E-state index contributed by atoms with van der Waals surface area (Å²) in [4.78, 5) is 10.3. The lowest BCUT2D eigenvalue weighted by molar-refractivity contribution is 0.141. The number of fused-ring (bicyclic) bond motifs is 1. The average Bonchev–Trinajstić information content (AvgIpc) is 2.49. The number of benzene rings is 1. The van der Waals surface area contributed by atoms with Crippen molar-refractivity contribution in [3.63, 3.8) is 0 Å². The van der Waals surface area contributed by atoms with E-state index in [1.54, 1.807) is 6.07 Å². The molecule has 2 atom stereocenters. The topological polar surface area (TPSA) is 29.0 Å². The zero-order valence-corrected chi connectivity index (χ0v) is 12.8. The Morgan fingerprint density at radius 2 is 2.00 bits per heavy atom. The van der Waals surface area contributed by atoms with Gasteiger partial charge in [0.15, 0.2) is 5.82 Å². The summed E-state index contributed by atoms with van der Waals surface area (Å²) < 4.78 is 26.1. The number of anilines is 1. The Morgan fingerprint density at radius 3 is 2.76 bits per heavy atom. The highest BCUT2D eigenvalue weighted by Crippen LogP contribution is 2.33. The molecule has 3 rings (SSSR count). The zero-order valence-electron chi connectivity index (χ0n) is 12.0. The van der Waals surface area contributed by atoms with Crippen LogP contribution in [-0.2, 0) is 0 Å². The maximum absolute atomic E-state index is 13.1. The lowest BCUT2D eigenvalue weighted by atomic mass is 10.1. The van der Waals surface area contributed by atoms with Gasteiger partial charge in [0.1, 0.15) is 5.82 Å². The number of hydrogen-bond acceptors (Lipinski definition) is 4. The fourth-order valence-corrected chi connectivity index (χ4v) is 3.73. The van der Waals surface area contributed by atoms with Gasteiger partial charge in [-0.05, 0) is 19.1 Å². The molecule has 1 aromatic carbocycles. The van der Waals surface area contributed by atoms with E-state index in [2.05, 4.69) is 28.7 Å². The first-order chi connectivity index (χ1) is 10.1. The van der Waals surface area contributed by atoms with E-state index >= 15 is 0 Å². The van der Waals surface area contributed by atoms with Crippen LogP contribution >= 0.6 is 11.8 Å². The van der Waals surface area contributed by atoms with Gasteiger partial charge in [0.05, 0.1) is 5.52 Å². The summed E-state index contributed by atoms with van der Waals surface area (Å²) in [6.07, 6.45) is -2.65. The van der Waals surface area contributed by atoms with Gasteiger partial charge in [-0.15, -0.1) is 0 Å². The summed E-state index contributed by atoms with van der Waals surface area (Å²) in [5.74, 6) is 1.23. The van der Waals surface area contributed by atoms with Crippen molar-refractivity contribution in [1.29, 1.82) is 0 Å². The monoisotopic (exact) mass is 309 g/mol. The van der Waals surface area contributed by atoms with Crippen LogP contribution in [0.25, 0.3) is 10.9 Å². The quantitative estimate of drug-likeness (QED) is 0.841. The zero-order chi connectivity index (χ0) is 15.0. The molecule has 112 valence electrons. The Labute approximate surface area is 126 Å². The van der Waals surface area contributed by atoms with Crippen molar-refractivity contribution in [2.75, 3.05) is 17.2 Å². The van der Waals surface area contributed by atoms with Crippen molar-refractivity contribution >= 4 is 28.5 Å². The second-order valence-corrected chi connectivity index (χ2v) is 6.72. The summed E-state index contributed by atoms with van der Waals surface area (Å²) in [7, 11) is 0. The van der Waals surface area contributed by atoms with Crippen LogP contribution < -0.4 is 4.90 Å². The molecule has 0 bridgehead atoms.